The normalized spacial score (nSPS) is 18.0. The lowest BCUT2D eigenvalue weighted by Gasteiger charge is -2.29. The molecule has 1 aliphatic carbocycles. The Labute approximate surface area is 186 Å². The van der Waals surface area contributed by atoms with E-state index in [0.717, 1.165) is 31.4 Å². The zero-order valence-corrected chi connectivity index (χ0v) is 18.0. The molecule has 1 amide bonds. The molecule has 168 valence electrons. The van der Waals surface area contributed by atoms with Crippen molar-refractivity contribution >= 4 is 35.0 Å². The van der Waals surface area contributed by atoms with E-state index in [1.807, 2.05) is 30.3 Å². The van der Waals surface area contributed by atoms with Gasteiger partial charge in [-0.15, -0.1) is 0 Å². The van der Waals surface area contributed by atoms with Crippen molar-refractivity contribution in [3.05, 3.63) is 59.6 Å². The van der Waals surface area contributed by atoms with Gasteiger partial charge in [0.2, 0.25) is 0 Å². The van der Waals surface area contributed by atoms with E-state index < -0.39 is 12.1 Å². The van der Waals surface area contributed by atoms with Crippen LogP contribution in [0.4, 0.5) is 16.2 Å². The van der Waals surface area contributed by atoms with Gasteiger partial charge in [0.25, 0.3) is 0 Å². The number of hydrogen-bond donors (Lipinski definition) is 1. The van der Waals surface area contributed by atoms with E-state index in [9.17, 15) is 9.59 Å². The Morgan fingerprint density at radius 1 is 0.903 bits per heavy atom. The predicted octanol–water partition coefficient (Wildman–Crippen LogP) is 4.70. The lowest BCUT2D eigenvalue weighted by Crippen LogP contribution is -2.30. The highest BCUT2D eigenvalue weighted by molar-refractivity contribution is 6.30. The van der Waals surface area contributed by atoms with Gasteiger partial charge >= 0.3 is 12.1 Å². The van der Waals surface area contributed by atoms with E-state index in [1.54, 1.807) is 29.2 Å². The number of amides is 1. The summed E-state index contributed by atoms with van der Waals surface area (Å²) in [6, 6.07) is 16.4. The van der Waals surface area contributed by atoms with Crippen LogP contribution in [-0.2, 0) is 14.3 Å². The van der Waals surface area contributed by atoms with Gasteiger partial charge in [-0.3, -0.25) is 0 Å². The van der Waals surface area contributed by atoms with Crippen molar-refractivity contribution in [2.75, 3.05) is 24.7 Å². The summed E-state index contributed by atoms with van der Waals surface area (Å²) < 4.78 is 10.9. The highest BCUT2D eigenvalue weighted by atomic mass is 35.5. The summed E-state index contributed by atoms with van der Waals surface area (Å²) in [6.07, 6.45) is 3.33. The minimum atomic E-state index is -0.945. The third-order valence-corrected chi connectivity index (χ3v) is 5.52. The third kappa shape index (κ3) is 7.54. The summed E-state index contributed by atoms with van der Waals surface area (Å²) in [4.78, 5) is 25.0. The molecule has 1 aliphatic rings. The van der Waals surface area contributed by atoms with Crippen molar-refractivity contribution in [2.45, 2.75) is 25.7 Å². The molecule has 0 spiro atoms. The Bertz CT molecular complexity index is 822. The summed E-state index contributed by atoms with van der Waals surface area (Å²) >= 11 is 5.99. The number of ether oxygens (including phenoxy) is 2. The first-order valence-corrected chi connectivity index (χ1v) is 10.5. The van der Waals surface area contributed by atoms with Crippen LogP contribution in [0.3, 0.4) is 0 Å². The summed E-state index contributed by atoms with van der Waals surface area (Å²) in [6.45, 7) is 0.577. The molecule has 0 heterocycles. The monoisotopic (exact) mass is 449 g/mol. The van der Waals surface area contributed by atoms with Gasteiger partial charge in [0.05, 0.1) is 24.6 Å². The zero-order chi connectivity index (χ0) is 21.3. The fraction of sp³-hybridized carbons (Fsp3) is 0.391. The molecular weight excluding hydrogens is 422 g/mol. The molecule has 1 saturated carbocycles. The van der Waals surface area contributed by atoms with Gasteiger partial charge in [-0.1, -0.05) is 29.8 Å². The molecule has 0 unspecified atom stereocenters. The lowest BCUT2D eigenvalue weighted by molar-refractivity contribution is -0.142. The summed E-state index contributed by atoms with van der Waals surface area (Å²) in [7, 11) is 0. The second-order valence-corrected chi connectivity index (χ2v) is 7.96. The number of hydrogen-bond acceptors (Lipinski definition) is 4. The average molecular weight is 450 g/mol. The van der Waals surface area contributed by atoms with Crippen molar-refractivity contribution in [2.24, 2.45) is 11.8 Å². The van der Waals surface area contributed by atoms with E-state index in [-0.39, 0.29) is 12.1 Å². The quantitative estimate of drug-likeness (QED) is 0.628. The van der Waals surface area contributed by atoms with Crippen LogP contribution < -0.4 is 4.90 Å². The molecule has 0 aliphatic heterocycles. The number of carbonyl (C=O) groups excluding carboxylic acids is 1. The molecular formula is C23H28ClNO6. The Hall–Kier alpha value is -2.61. The van der Waals surface area contributed by atoms with E-state index in [1.165, 1.54) is 0 Å². The van der Waals surface area contributed by atoms with Crippen LogP contribution in [0.2, 0.25) is 5.02 Å². The predicted molar refractivity (Wildman–Crippen MR) is 119 cm³/mol. The molecule has 7 nitrogen and oxygen atoms in total. The van der Waals surface area contributed by atoms with Gasteiger partial charge in [-0.25, -0.2) is 14.5 Å². The molecule has 1 fully saturated rings. The number of carboxylic acids is 1. The Kier molecular flexibility index (Phi) is 9.78. The molecule has 0 saturated heterocycles. The van der Waals surface area contributed by atoms with Crippen LogP contribution in [0.1, 0.15) is 25.7 Å². The molecule has 8 heteroatoms. The fourth-order valence-corrected chi connectivity index (χ4v) is 3.78. The van der Waals surface area contributed by atoms with Crippen molar-refractivity contribution in [1.29, 1.82) is 0 Å². The molecule has 2 aromatic carbocycles. The first-order chi connectivity index (χ1) is 14.5. The topological polar surface area (TPSA) is 108 Å². The van der Waals surface area contributed by atoms with Crippen LogP contribution in [0.5, 0.6) is 0 Å². The Balaban J connectivity index is 0.00000341. The molecule has 0 bridgehead atoms. The Morgan fingerprint density at radius 3 is 2.03 bits per heavy atom. The maximum Gasteiger partial charge on any atom is 0.418 e. The second-order valence-electron chi connectivity index (χ2n) is 7.52. The lowest BCUT2D eigenvalue weighted by atomic mass is 9.83. The molecule has 0 atom stereocenters. The third-order valence-electron chi connectivity index (χ3n) is 5.27. The number of anilines is 2. The van der Waals surface area contributed by atoms with Crippen LogP contribution in [0, 0.1) is 11.8 Å². The van der Waals surface area contributed by atoms with Gasteiger partial charge in [0.1, 0.15) is 6.61 Å². The van der Waals surface area contributed by atoms with Crippen LogP contribution in [0.15, 0.2) is 54.6 Å². The van der Waals surface area contributed by atoms with E-state index in [4.69, 9.17) is 26.2 Å². The molecule has 0 aromatic heterocycles. The first kappa shape index (κ1) is 24.7. The van der Waals surface area contributed by atoms with Crippen LogP contribution in [-0.4, -0.2) is 42.5 Å². The minimum absolute atomic E-state index is 0. The first-order valence-electron chi connectivity index (χ1n) is 10.1. The largest absolute Gasteiger partial charge is 0.480 e. The number of rotatable bonds is 8. The summed E-state index contributed by atoms with van der Waals surface area (Å²) in [5.41, 5.74) is 1.42. The van der Waals surface area contributed by atoms with E-state index in [0.29, 0.717) is 35.8 Å². The van der Waals surface area contributed by atoms with Crippen LogP contribution >= 0.6 is 11.6 Å². The SMILES string of the molecule is O.O=C(O)COCC1CCC(COC(=O)N(c2ccccc2)c2ccc(Cl)cc2)CC1. The zero-order valence-electron chi connectivity index (χ0n) is 17.2. The standard InChI is InChI=1S/C23H26ClNO5.H2O/c24-19-10-12-21(13-11-19)25(20-4-2-1-3-5-20)23(28)30-15-18-8-6-17(7-9-18)14-29-16-22(26)27;/h1-5,10-13,17-18H,6-9,14-16H2,(H,26,27);1H2. The number of carbonyl (C=O) groups is 2. The van der Waals surface area contributed by atoms with Gasteiger partial charge in [-0.05, 0) is 73.9 Å². The van der Waals surface area contributed by atoms with Gasteiger partial charge < -0.3 is 20.1 Å². The van der Waals surface area contributed by atoms with E-state index >= 15 is 0 Å². The van der Waals surface area contributed by atoms with Gasteiger partial charge in [-0.2, -0.15) is 0 Å². The second kappa shape index (κ2) is 12.3. The smallest absolute Gasteiger partial charge is 0.418 e. The number of nitrogens with zero attached hydrogens (tertiary/aromatic N) is 1. The number of halogens is 1. The number of benzene rings is 2. The Morgan fingerprint density at radius 2 is 1.45 bits per heavy atom. The number of carboxylic acid groups (broad SMARTS) is 1. The number of para-hydroxylation sites is 1. The van der Waals surface area contributed by atoms with Gasteiger partial charge in [0, 0.05) is 5.02 Å². The molecule has 0 radical (unpaired) electrons. The highest BCUT2D eigenvalue weighted by Crippen LogP contribution is 2.31. The molecule has 3 rings (SSSR count). The van der Waals surface area contributed by atoms with Crippen molar-refractivity contribution in [3.63, 3.8) is 0 Å². The molecule has 2 aromatic rings. The molecule has 3 N–H and O–H groups in total. The van der Waals surface area contributed by atoms with Gasteiger partial charge in [0.15, 0.2) is 0 Å². The highest BCUT2D eigenvalue weighted by Gasteiger charge is 2.25. The van der Waals surface area contributed by atoms with E-state index in [2.05, 4.69) is 0 Å². The fourth-order valence-electron chi connectivity index (χ4n) is 3.66. The maximum atomic E-state index is 12.9. The van der Waals surface area contributed by atoms with Crippen molar-refractivity contribution in [3.8, 4) is 0 Å². The summed E-state index contributed by atoms with van der Waals surface area (Å²) in [5, 5.41) is 9.25. The van der Waals surface area contributed by atoms with Crippen molar-refractivity contribution in [1.82, 2.24) is 0 Å². The van der Waals surface area contributed by atoms with Crippen molar-refractivity contribution < 1.29 is 29.6 Å². The summed E-state index contributed by atoms with van der Waals surface area (Å²) in [5.74, 6) is -0.280. The number of aliphatic carboxylic acids is 1. The minimum Gasteiger partial charge on any atom is -0.480 e. The maximum absolute atomic E-state index is 12.9. The average Bonchev–Trinajstić information content (AvgIpc) is 2.75. The van der Waals surface area contributed by atoms with Crippen LogP contribution in [0.25, 0.3) is 0 Å². The molecule has 31 heavy (non-hydrogen) atoms.